The standard InChI is InChI=1S/C16H19NO5/c18-15(19)10-22-12-4-1-3-11(9-12)16(20)17-7-8-21-14-6-2-5-13(14)17/h1,3-4,9,13-14H,2,5-8,10H2,(H,18,19). The number of carbonyl (C=O) groups is 2. The van der Waals surface area contributed by atoms with E-state index in [2.05, 4.69) is 0 Å². The molecule has 0 spiro atoms. The Kier molecular flexibility index (Phi) is 4.29. The van der Waals surface area contributed by atoms with Crippen LogP contribution in [0.2, 0.25) is 0 Å². The molecule has 1 amide bonds. The van der Waals surface area contributed by atoms with E-state index in [9.17, 15) is 9.59 Å². The third-order valence-electron chi connectivity index (χ3n) is 4.19. The van der Waals surface area contributed by atoms with Crippen molar-refractivity contribution in [3.63, 3.8) is 0 Å². The molecule has 1 aliphatic carbocycles. The highest BCUT2D eigenvalue weighted by atomic mass is 16.5. The molecule has 22 heavy (non-hydrogen) atoms. The molecule has 1 aromatic rings. The predicted molar refractivity (Wildman–Crippen MR) is 78.0 cm³/mol. The second kappa shape index (κ2) is 6.36. The van der Waals surface area contributed by atoms with Crippen LogP contribution in [-0.2, 0) is 9.53 Å². The summed E-state index contributed by atoms with van der Waals surface area (Å²) in [6.45, 7) is 0.752. The Hall–Kier alpha value is -2.08. The number of amides is 1. The lowest BCUT2D eigenvalue weighted by molar-refractivity contribution is -0.139. The zero-order valence-corrected chi connectivity index (χ0v) is 12.2. The highest BCUT2D eigenvalue weighted by Gasteiger charge is 2.38. The molecule has 0 aromatic heterocycles. The first-order valence-corrected chi connectivity index (χ1v) is 7.52. The molecule has 1 saturated heterocycles. The number of aliphatic carboxylic acids is 1. The van der Waals surface area contributed by atoms with Crippen LogP contribution in [0.1, 0.15) is 29.6 Å². The van der Waals surface area contributed by atoms with Crippen molar-refractivity contribution >= 4 is 11.9 Å². The molecule has 2 fully saturated rings. The van der Waals surface area contributed by atoms with Gasteiger partial charge >= 0.3 is 5.97 Å². The summed E-state index contributed by atoms with van der Waals surface area (Å²) in [5.41, 5.74) is 0.524. The van der Waals surface area contributed by atoms with Crippen molar-refractivity contribution in [2.45, 2.75) is 31.4 Å². The Bertz CT molecular complexity index is 573. The van der Waals surface area contributed by atoms with Gasteiger partial charge in [-0.05, 0) is 37.5 Å². The summed E-state index contributed by atoms with van der Waals surface area (Å²) in [7, 11) is 0. The molecule has 2 atom stereocenters. The van der Waals surface area contributed by atoms with Crippen LogP contribution in [-0.4, -0.2) is 53.8 Å². The van der Waals surface area contributed by atoms with Crippen molar-refractivity contribution in [3.8, 4) is 5.75 Å². The molecule has 118 valence electrons. The molecule has 1 aromatic carbocycles. The van der Waals surface area contributed by atoms with Crippen molar-refractivity contribution in [2.75, 3.05) is 19.8 Å². The van der Waals surface area contributed by atoms with Gasteiger partial charge < -0.3 is 19.5 Å². The fraction of sp³-hybridized carbons (Fsp3) is 0.500. The van der Waals surface area contributed by atoms with Crippen molar-refractivity contribution in [1.82, 2.24) is 4.90 Å². The monoisotopic (exact) mass is 305 g/mol. The van der Waals surface area contributed by atoms with Gasteiger partial charge in [-0.3, -0.25) is 4.79 Å². The molecule has 2 unspecified atom stereocenters. The second-order valence-electron chi connectivity index (χ2n) is 5.62. The van der Waals surface area contributed by atoms with Crippen LogP contribution in [0.3, 0.4) is 0 Å². The number of morpholine rings is 1. The quantitative estimate of drug-likeness (QED) is 0.913. The van der Waals surface area contributed by atoms with Crippen LogP contribution in [0.25, 0.3) is 0 Å². The topological polar surface area (TPSA) is 76.1 Å². The average molecular weight is 305 g/mol. The minimum Gasteiger partial charge on any atom is -0.482 e. The Morgan fingerprint density at radius 3 is 3.05 bits per heavy atom. The van der Waals surface area contributed by atoms with E-state index >= 15 is 0 Å². The van der Waals surface area contributed by atoms with Crippen molar-refractivity contribution in [1.29, 1.82) is 0 Å². The number of carboxylic acid groups (broad SMARTS) is 1. The van der Waals surface area contributed by atoms with Gasteiger partial charge in [0.05, 0.1) is 18.8 Å². The summed E-state index contributed by atoms with van der Waals surface area (Å²) in [6, 6.07) is 6.85. The van der Waals surface area contributed by atoms with Gasteiger partial charge in [-0.1, -0.05) is 6.07 Å². The second-order valence-corrected chi connectivity index (χ2v) is 5.62. The minimum absolute atomic E-state index is 0.0408. The lowest BCUT2D eigenvalue weighted by atomic mass is 10.1. The number of rotatable bonds is 4. The van der Waals surface area contributed by atoms with Crippen molar-refractivity contribution < 1.29 is 24.2 Å². The number of nitrogens with zero attached hydrogens (tertiary/aromatic N) is 1. The first-order chi connectivity index (χ1) is 10.6. The van der Waals surface area contributed by atoms with E-state index in [0.29, 0.717) is 24.5 Å². The van der Waals surface area contributed by atoms with Crippen LogP contribution in [0.4, 0.5) is 0 Å². The normalized spacial score (nSPS) is 23.9. The number of carbonyl (C=O) groups excluding carboxylic acids is 1. The Morgan fingerprint density at radius 2 is 2.23 bits per heavy atom. The number of benzene rings is 1. The zero-order chi connectivity index (χ0) is 15.5. The number of hydrogen-bond donors (Lipinski definition) is 1. The van der Waals surface area contributed by atoms with Crippen molar-refractivity contribution in [3.05, 3.63) is 29.8 Å². The highest BCUT2D eigenvalue weighted by molar-refractivity contribution is 5.95. The molecule has 6 nitrogen and oxygen atoms in total. The Morgan fingerprint density at radius 1 is 1.36 bits per heavy atom. The van der Waals surface area contributed by atoms with E-state index < -0.39 is 12.6 Å². The molecule has 1 N–H and O–H groups in total. The number of hydrogen-bond acceptors (Lipinski definition) is 4. The number of fused-ring (bicyclic) bond motifs is 1. The van der Waals surface area contributed by atoms with Crippen LogP contribution in [0.5, 0.6) is 5.75 Å². The summed E-state index contributed by atoms with van der Waals surface area (Å²) in [6.07, 6.45) is 3.23. The third-order valence-corrected chi connectivity index (χ3v) is 4.19. The molecule has 3 rings (SSSR count). The van der Waals surface area contributed by atoms with E-state index in [4.69, 9.17) is 14.6 Å². The molecule has 0 radical (unpaired) electrons. The molecule has 6 heteroatoms. The summed E-state index contributed by atoms with van der Waals surface area (Å²) in [4.78, 5) is 25.2. The highest BCUT2D eigenvalue weighted by Crippen LogP contribution is 2.31. The maximum Gasteiger partial charge on any atom is 0.341 e. The summed E-state index contributed by atoms with van der Waals surface area (Å²) in [5.74, 6) is -0.691. The maximum absolute atomic E-state index is 12.7. The van der Waals surface area contributed by atoms with Gasteiger partial charge in [-0.2, -0.15) is 0 Å². The van der Waals surface area contributed by atoms with Crippen LogP contribution >= 0.6 is 0 Å². The summed E-state index contributed by atoms with van der Waals surface area (Å²) >= 11 is 0. The van der Waals surface area contributed by atoms with E-state index in [1.165, 1.54) is 0 Å². The van der Waals surface area contributed by atoms with Gasteiger partial charge in [0.1, 0.15) is 5.75 Å². The van der Waals surface area contributed by atoms with E-state index in [-0.39, 0.29) is 18.1 Å². The van der Waals surface area contributed by atoms with E-state index in [1.807, 2.05) is 4.90 Å². The van der Waals surface area contributed by atoms with Crippen LogP contribution < -0.4 is 4.74 Å². The lowest BCUT2D eigenvalue weighted by Gasteiger charge is -2.37. The first-order valence-electron chi connectivity index (χ1n) is 7.52. The molecule has 1 aliphatic heterocycles. The molecule has 0 bridgehead atoms. The average Bonchev–Trinajstić information content (AvgIpc) is 3.01. The van der Waals surface area contributed by atoms with Crippen molar-refractivity contribution in [2.24, 2.45) is 0 Å². The van der Waals surface area contributed by atoms with Crippen LogP contribution in [0, 0.1) is 0 Å². The molecule has 1 heterocycles. The van der Waals surface area contributed by atoms with Gasteiger partial charge in [0.25, 0.3) is 5.91 Å². The zero-order valence-electron chi connectivity index (χ0n) is 12.2. The fourth-order valence-electron chi connectivity index (χ4n) is 3.21. The smallest absolute Gasteiger partial charge is 0.341 e. The summed E-state index contributed by atoms with van der Waals surface area (Å²) in [5, 5.41) is 8.65. The van der Waals surface area contributed by atoms with Crippen LogP contribution in [0.15, 0.2) is 24.3 Å². The molecular weight excluding hydrogens is 286 g/mol. The predicted octanol–water partition coefficient (Wildman–Crippen LogP) is 1.54. The SMILES string of the molecule is O=C(O)COc1cccc(C(=O)N2CCOC3CCCC32)c1. The van der Waals surface area contributed by atoms with Gasteiger partial charge in [0.2, 0.25) is 0 Å². The van der Waals surface area contributed by atoms with Gasteiger partial charge in [-0.15, -0.1) is 0 Å². The fourth-order valence-corrected chi connectivity index (χ4v) is 3.21. The third kappa shape index (κ3) is 3.06. The van der Waals surface area contributed by atoms with E-state index in [0.717, 1.165) is 19.3 Å². The number of carboxylic acids is 1. The Labute approximate surface area is 128 Å². The minimum atomic E-state index is -1.04. The molecule has 2 aliphatic rings. The number of ether oxygens (including phenoxy) is 2. The summed E-state index contributed by atoms with van der Waals surface area (Å²) < 4.78 is 10.9. The van der Waals surface area contributed by atoms with Gasteiger partial charge in [0.15, 0.2) is 6.61 Å². The molecule has 1 saturated carbocycles. The molecular formula is C16H19NO5. The maximum atomic E-state index is 12.7. The van der Waals surface area contributed by atoms with E-state index in [1.54, 1.807) is 24.3 Å². The lowest BCUT2D eigenvalue weighted by Crippen LogP contribution is -2.51. The Balaban J connectivity index is 1.74. The first kappa shape index (κ1) is 14.8. The van der Waals surface area contributed by atoms with Gasteiger partial charge in [0, 0.05) is 12.1 Å². The van der Waals surface area contributed by atoms with Gasteiger partial charge in [-0.25, -0.2) is 4.79 Å². The largest absolute Gasteiger partial charge is 0.482 e.